The second-order valence-corrected chi connectivity index (χ2v) is 5.82. The number of carbonyl (C=O) groups excluding carboxylic acids is 1. The number of benzene rings is 1. The van der Waals surface area contributed by atoms with Gasteiger partial charge in [-0.15, -0.1) is 0 Å². The molecule has 1 aromatic carbocycles. The molecule has 3 N–H and O–H groups in total. The maximum absolute atomic E-state index is 11.8. The van der Waals surface area contributed by atoms with Crippen molar-refractivity contribution in [1.29, 1.82) is 0 Å². The highest BCUT2D eigenvalue weighted by Gasteiger charge is 2.18. The Morgan fingerprint density at radius 2 is 2.05 bits per heavy atom. The number of hydrogen-bond donors (Lipinski definition) is 2. The van der Waals surface area contributed by atoms with Crippen LogP contribution in [-0.2, 0) is 9.57 Å². The molecule has 0 spiro atoms. The molecule has 0 aliphatic carbocycles. The Labute approximate surface area is 125 Å². The van der Waals surface area contributed by atoms with Gasteiger partial charge in [0.1, 0.15) is 11.4 Å². The zero-order valence-electron chi connectivity index (χ0n) is 13.2. The summed E-state index contributed by atoms with van der Waals surface area (Å²) in [6, 6.07) is 5.36. The molecule has 1 amide bonds. The highest BCUT2D eigenvalue weighted by Crippen LogP contribution is 2.29. The predicted octanol–water partition coefficient (Wildman–Crippen LogP) is 3.04. The lowest BCUT2D eigenvalue weighted by Crippen LogP contribution is -2.27. The second kappa shape index (κ2) is 7.28. The molecular weight excluding hydrogens is 272 g/mol. The van der Waals surface area contributed by atoms with Crippen molar-refractivity contribution < 1.29 is 19.1 Å². The van der Waals surface area contributed by atoms with Crippen LogP contribution < -0.4 is 16.0 Å². The minimum atomic E-state index is -0.542. The molecule has 6 nitrogen and oxygen atoms in total. The molecule has 1 unspecified atom stereocenters. The number of ether oxygens (including phenoxy) is 2. The van der Waals surface area contributed by atoms with Crippen molar-refractivity contribution in [3.8, 4) is 5.75 Å². The van der Waals surface area contributed by atoms with Crippen molar-refractivity contribution in [2.24, 2.45) is 5.90 Å². The molecule has 0 radical (unpaired) electrons. The largest absolute Gasteiger partial charge is 0.496 e. The lowest BCUT2D eigenvalue weighted by molar-refractivity contribution is 0.0636. The summed E-state index contributed by atoms with van der Waals surface area (Å²) in [5.74, 6) is 5.87. The normalized spacial score (nSPS) is 12.7. The third kappa shape index (κ3) is 5.61. The van der Waals surface area contributed by atoms with Crippen LogP contribution in [0, 0.1) is 0 Å². The van der Waals surface area contributed by atoms with Crippen LogP contribution in [0.2, 0.25) is 0 Å². The summed E-state index contributed by atoms with van der Waals surface area (Å²) in [4.78, 5) is 16.5. The van der Waals surface area contributed by atoms with E-state index in [-0.39, 0.29) is 5.92 Å². The Kier molecular flexibility index (Phi) is 5.99. The molecule has 0 heterocycles. The minimum Gasteiger partial charge on any atom is -0.496 e. The zero-order valence-corrected chi connectivity index (χ0v) is 13.2. The van der Waals surface area contributed by atoms with Gasteiger partial charge in [0.2, 0.25) is 0 Å². The van der Waals surface area contributed by atoms with Crippen molar-refractivity contribution in [1.82, 2.24) is 0 Å². The number of nitrogens with two attached hydrogens (primary N) is 1. The molecule has 1 atom stereocenters. The van der Waals surface area contributed by atoms with E-state index in [0.29, 0.717) is 18.0 Å². The number of nitrogens with one attached hydrogen (secondary N) is 1. The number of anilines is 1. The van der Waals surface area contributed by atoms with Gasteiger partial charge in [-0.2, -0.15) is 0 Å². The van der Waals surface area contributed by atoms with Crippen molar-refractivity contribution >= 4 is 11.8 Å². The number of amides is 1. The van der Waals surface area contributed by atoms with Gasteiger partial charge in [-0.1, -0.05) is 6.92 Å². The van der Waals surface area contributed by atoms with Gasteiger partial charge in [0.15, 0.2) is 0 Å². The van der Waals surface area contributed by atoms with Crippen molar-refractivity contribution in [2.75, 3.05) is 19.0 Å². The van der Waals surface area contributed by atoms with E-state index in [1.165, 1.54) is 0 Å². The van der Waals surface area contributed by atoms with E-state index in [9.17, 15) is 4.79 Å². The second-order valence-electron chi connectivity index (χ2n) is 5.82. The first-order valence-electron chi connectivity index (χ1n) is 6.76. The van der Waals surface area contributed by atoms with Crippen LogP contribution in [0.5, 0.6) is 5.75 Å². The predicted molar refractivity (Wildman–Crippen MR) is 81.4 cm³/mol. The fourth-order valence-corrected chi connectivity index (χ4v) is 1.85. The zero-order chi connectivity index (χ0) is 16.0. The first kappa shape index (κ1) is 17.3. The summed E-state index contributed by atoms with van der Waals surface area (Å²) in [6.45, 7) is 7.75. The SMILES string of the molecule is COc1ccc(NC(=O)OC(C)(C)C)cc1C(C)CON. The van der Waals surface area contributed by atoms with E-state index in [1.54, 1.807) is 19.2 Å². The average Bonchev–Trinajstić information content (AvgIpc) is 2.36. The van der Waals surface area contributed by atoms with Crippen LogP contribution in [0.15, 0.2) is 18.2 Å². The van der Waals surface area contributed by atoms with Gasteiger partial charge in [-0.05, 0) is 39.0 Å². The van der Waals surface area contributed by atoms with Gasteiger partial charge in [0, 0.05) is 17.2 Å². The van der Waals surface area contributed by atoms with E-state index in [0.717, 1.165) is 5.56 Å². The number of rotatable bonds is 5. The van der Waals surface area contributed by atoms with Gasteiger partial charge < -0.3 is 14.3 Å². The molecule has 0 saturated carbocycles. The third-order valence-electron chi connectivity index (χ3n) is 2.75. The summed E-state index contributed by atoms with van der Waals surface area (Å²) in [5.41, 5.74) is 0.987. The van der Waals surface area contributed by atoms with Crippen molar-refractivity contribution in [3.63, 3.8) is 0 Å². The van der Waals surface area contributed by atoms with Crippen LogP contribution in [0.25, 0.3) is 0 Å². The Bertz CT molecular complexity index is 483. The first-order chi connectivity index (χ1) is 9.76. The highest BCUT2D eigenvalue weighted by atomic mass is 16.6. The molecular formula is C15H24N2O4. The van der Waals surface area contributed by atoms with Crippen molar-refractivity contribution in [2.45, 2.75) is 39.2 Å². The molecule has 118 valence electrons. The summed E-state index contributed by atoms with van der Waals surface area (Å²) < 4.78 is 10.5. The van der Waals surface area contributed by atoms with Crippen LogP contribution in [-0.4, -0.2) is 25.4 Å². The molecule has 0 fully saturated rings. The summed E-state index contributed by atoms with van der Waals surface area (Å²) in [7, 11) is 1.59. The summed E-state index contributed by atoms with van der Waals surface area (Å²) in [6.07, 6.45) is -0.499. The lowest BCUT2D eigenvalue weighted by atomic mass is 10.0. The standard InChI is InChI=1S/C15H24N2O4/c1-10(9-20-16)12-8-11(6-7-13(12)19-5)17-14(18)21-15(2,3)4/h6-8,10H,9,16H2,1-5H3,(H,17,18). The van der Waals surface area contributed by atoms with Gasteiger partial charge in [-0.25, -0.2) is 10.7 Å². The lowest BCUT2D eigenvalue weighted by Gasteiger charge is -2.20. The first-order valence-corrected chi connectivity index (χ1v) is 6.76. The summed E-state index contributed by atoms with van der Waals surface area (Å²) in [5, 5.41) is 2.70. The Balaban J connectivity index is 2.90. The smallest absolute Gasteiger partial charge is 0.412 e. The highest BCUT2D eigenvalue weighted by molar-refractivity contribution is 5.85. The third-order valence-corrected chi connectivity index (χ3v) is 2.75. The van der Waals surface area contributed by atoms with E-state index in [2.05, 4.69) is 10.2 Å². The maximum atomic E-state index is 11.8. The molecule has 1 aromatic rings. The van der Waals surface area contributed by atoms with E-state index < -0.39 is 11.7 Å². The van der Waals surface area contributed by atoms with Gasteiger partial charge in [0.25, 0.3) is 0 Å². The minimum absolute atomic E-state index is 0.0327. The molecule has 0 bridgehead atoms. The average molecular weight is 296 g/mol. The molecule has 0 aromatic heterocycles. The van der Waals surface area contributed by atoms with Crippen LogP contribution >= 0.6 is 0 Å². The van der Waals surface area contributed by atoms with Gasteiger partial charge in [0.05, 0.1) is 13.7 Å². The van der Waals surface area contributed by atoms with Crippen LogP contribution in [0.4, 0.5) is 10.5 Å². The molecule has 1 rings (SSSR count). The topological polar surface area (TPSA) is 82.8 Å². The Morgan fingerprint density at radius 3 is 2.57 bits per heavy atom. The van der Waals surface area contributed by atoms with Gasteiger partial charge >= 0.3 is 6.09 Å². The van der Waals surface area contributed by atoms with E-state index in [4.69, 9.17) is 15.4 Å². The molecule has 0 aliphatic rings. The number of methoxy groups -OCH3 is 1. The quantitative estimate of drug-likeness (QED) is 0.816. The van der Waals surface area contributed by atoms with Crippen LogP contribution in [0.3, 0.4) is 0 Å². The van der Waals surface area contributed by atoms with E-state index in [1.807, 2.05) is 33.8 Å². The monoisotopic (exact) mass is 296 g/mol. The fourth-order valence-electron chi connectivity index (χ4n) is 1.85. The molecule has 6 heteroatoms. The number of hydrogen-bond acceptors (Lipinski definition) is 5. The fraction of sp³-hybridized carbons (Fsp3) is 0.533. The van der Waals surface area contributed by atoms with E-state index >= 15 is 0 Å². The molecule has 0 aliphatic heterocycles. The van der Waals surface area contributed by atoms with Gasteiger partial charge in [-0.3, -0.25) is 5.32 Å². The summed E-state index contributed by atoms with van der Waals surface area (Å²) >= 11 is 0. The molecule has 21 heavy (non-hydrogen) atoms. The maximum Gasteiger partial charge on any atom is 0.412 e. The Morgan fingerprint density at radius 1 is 1.38 bits per heavy atom. The Hall–Kier alpha value is -1.79. The van der Waals surface area contributed by atoms with Crippen molar-refractivity contribution in [3.05, 3.63) is 23.8 Å². The number of carbonyl (C=O) groups is 1. The van der Waals surface area contributed by atoms with Crippen LogP contribution in [0.1, 0.15) is 39.2 Å². The molecule has 0 saturated heterocycles.